The van der Waals surface area contributed by atoms with Crippen LogP contribution in [0.4, 0.5) is 13.2 Å². The Morgan fingerprint density at radius 2 is 2.06 bits per heavy atom. The van der Waals surface area contributed by atoms with Crippen LogP contribution in [0.25, 0.3) is 0 Å². The van der Waals surface area contributed by atoms with Gasteiger partial charge in [-0.1, -0.05) is 6.58 Å². The molecule has 1 rings (SSSR count). The predicted molar refractivity (Wildman–Crippen MR) is 55.1 cm³/mol. The number of carbonyl (C=O) groups is 2. The van der Waals surface area contributed by atoms with Gasteiger partial charge in [0.15, 0.2) is 5.76 Å². The third-order valence-corrected chi connectivity index (χ3v) is 2.60. The number of nitrogens with zero attached hydrogens (tertiary/aromatic N) is 1. The Bertz CT molecular complexity index is 368. The molecule has 102 valence electrons. The van der Waals surface area contributed by atoms with Crippen molar-refractivity contribution < 1.29 is 27.5 Å². The van der Waals surface area contributed by atoms with Crippen LogP contribution in [0.2, 0.25) is 0 Å². The normalized spacial score (nSPS) is 19.8. The number of esters is 1. The van der Waals surface area contributed by atoms with Crippen molar-refractivity contribution in [2.75, 3.05) is 13.1 Å². The maximum absolute atomic E-state index is 11.9. The Morgan fingerprint density at radius 3 is 2.56 bits per heavy atom. The Labute approximate surface area is 101 Å². The van der Waals surface area contributed by atoms with Crippen molar-refractivity contribution in [2.24, 2.45) is 5.73 Å². The second kappa shape index (κ2) is 5.38. The van der Waals surface area contributed by atoms with E-state index in [4.69, 9.17) is 5.73 Å². The van der Waals surface area contributed by atoms with Crippen molar-refractivity contribution in [1.82, 2.24) is 4.90 Å². The molecule has 0 unspecified atom stereocenters. The minimum atomic E-state index is -5.15. The number of alkyl halides is 3. The highest BCUT2D eigenvalue weighted by atomic mass is 19.4. The zero-order chi connectivity index (χ0) is 13.9. The predicted octanol–water partition coefficient (Wildman–Crippen LogP) is 0.555. The third kappa shape index (κ3) is 3.22. The number of carbonyl (C=O) groups excluding carboxylic acids is 2. The molecule has 2 N–H and O–H groups in total. The number of nitrogens with two attached hydrogens (primary N) is 1. The van der Waals surface area contributed by atoms with Crippen molar-refractivity contribution >= 4 is 11.9 Å². The Morgan fingerprint density at radius 1 is 1.44 bits per heavy atom. The average molecular weight is 266 g/mol. The van der Waals surface area contributed by atoms with Crippen molar-refractivity contribution in [3.05, 3.63) is 12.3 Å². The van der Waals surface area contributed by atoms with Crippen LogP contribution in [0, 0.1) is 0 Å². The molecule has 0 aromatic rings. The van der Waals surface area contributed by atoms with E-state index in [2.05, 4.69) is 11.3 Å². The molecule has 1 amide bonds. The van der Waals surface area contributed by atoms with E-state index in [1.165, 1.54) is 4.90 Å². The van der Waals surface area contributed by atoms with E-state index in [0.29, 0.717) is 19.4 Å². The zero-order valence-electron chi connectivity index (χ0n) is 9.50. The molecular formula is C10H13F3N2O3. The molecule has 8 heteroatoms. The van der Waals surface area contributed by atoms with Gasteiger partial charge in [-0.05, 0) is 12.8 Å². The summed E-state index contributed by atoms with van der Waals surface area (Å²) in [6.07, 6.45) is -3.78. The number of ether oxygens (including phenoxy) is 1. The van der Waals surface area contributed by atoms with E-state index in [1.807, 2.05) is 0 Å². The molecular weight excluding hydrogens is 253 g/mol. The first-order chi connectivity index (χ1) is 8.27. The lowest BCUT2D eigenvalue weighted by Gasteiger charge is -2.23. The van der Waals surface area contributed by atoms with E-state index in [1.54, 1.807) is 0 Å². The van der Waals surface area contributed by atoms with Crippen LogP contribution < -0.4 is 5.73 Å². The van der Waals surface area contributed by atoms with Crippen molar-refractivity contribution in [3.63, 3.8) is 0 Å². The van der Waals surface area contributed by atoms with Crippen LogP contribution in [0.15, 0.2) is 12.3 Å². The molecule has 0 aromatic carbocycles. The molecule has 0 bridgehead atoms. The van der Waals surface area contributed by atoms with Gasteiger partial charge in [-0.3, -0.25) is 4.79 Å². The van der Waals surface area contributed by atoms with E-state index in [9.17, 15) is 22.8 Å². The van der Waals surface area contributed by atoms with Crippen LogP contribution >= 0.6 is 0 Å². The third-order valence-electron chi connectivity index (χ3n) is 2.60. The summed E-state index contributed by atoms with van der Waals surface area (Å²) in [6.45, 7) is 3.61. The highest BCUT2D eigenvalue weighted by molar-refractivity contribution is 5.94. The Kier molecular flexibility index (Phi) is 4.33. The van der Waals surface area contributed by atoms with Crippen LogP contribution in [0.1, 0.15) is 12.8 Å². The summed E-state index contributed by atoms with van der Waals surface area (Å²) < 4.78 is 39.7. The highest BCUT2D eigenvalue weighted by Gasteiger charge is 2.43. The van der Waals surface area contributed by atoms with Gasteiger partial charge in [0.05, 0.1) is 0 Å². The van der Waals surface area contributed by atoms with Crippen molar-refractivity contribution in [3.8, 4) is 0 Å². The molecule has 1 atom stereocenters. The number of rotatable bonds is 3. The van der Waals surface area contributed by atoms with Gasteiger partial charge < -0.3 is 15.4 Å². The largest absolute Gasteiger partial charge is 0.491 e. The van der Waals surface area contributed by atoms with E-state index >= 15 is 0 Å². The number of halogens is 3. The Hall–Kier alpha value is -1.57. The van der Waals surface area contributed by atoms with Gasteiger partial charge in [-0.25, -0.2) is 4.79 Å². The molecule has 0 saturated carbocycles. The van der Waals surface area contributed by atoms with Gasteiger partial charge >= 0.3 is 12.1 Å². The standard InChI is InChI=1S/C10H13F3N2O3/c1-6(18-9(17)10(11,12)13)8(16)15-4-2-3-7(15)5-14/h7H,1-5,14H2/t7-/m0/s1. The monoisotopic (exact) mass is 266 g/mol. The first-order valence-corrected chi connectivity index (χ1v) is 5.26. The van der Waals surface area contributed by atoms with Crippen LogP contribution in [0.5, 0.6) is 0 Å². The van der Waals surface area contributed by atoms with Crippen LogP contribution in [0.3, 0.4) is 0 Å². The summed E-state index contributed by atoms with van der Waals surface area (Å²) >= 11 is 0. The summed E-state index contributed by atoms with van der Waals surface area (Å²) in [5.74, 6) is -4.12. The second-order valence-electron chi connectivity index (χ2n) is 3.84. The van der Waals surface area contributed by atoms with Gasteiger partial charge in [0.1, 0.15) is 0 Å². The maximum Gasteiger partial charge on any atom is 0.491 e. The van der Waals surface area contributed by atoms with Gasteiger partial charge in [-0.15, -0.1) is 0 Å². The van der Waals surface area contributed by atoms with Crippen molar-refractivity contribution in [2.45, 2.75) is 25.1 Å². The number of amides is 1. The summed E-state index contributed by atoms with van der Waals surface area (Å²) in [7, 11) is 0. The molecule has 5 nitrogen and oxygen atoms in total. The molecule has 1 aliphatic rings. The minimum absolute atomic E-state index is 0.201. The molecule has 1 heterocycles. The highest BCUT2D eigenvalue weighted by Crippen LogP contribution is 2.21. The number of hydrogen-bond donors (Lipinski definition) is 1. The second-order valence-corrected chi connectivity index (χ2v) is 3.84. The van der Waals surface area contributed by atoms with E-state index < -0.39 is 23.8 Å². The van der Waals surface area contributed by atoms with Crippen LogP contribution in [-0.4, -0.2) is 42.1 Å². The topological polar surface area (TPSA) is 72.6 Å². The number of likely N-dealkylation sites (tertiary alicyclic amines) is 1. The van der Waals surface area contributed by atoms with Crippen molar-refractivity contribution in [1.29, 1.82) is 0 Å². The molecule has 0 aliphatic carbocycles. The summed E-state index contributed by atoms with van der Waals surface area (Å²) in [5, 5.41) is 0. The first-order valence-electron chi connectivity index (χ1n) is 5.26. The lowest BCUT2D eigenvalue weighted by atomic mass is 10.2. The summed E-state index contributed by atoms with van der Waals surface area (Å²) in [5.41, 5.74) is 5.42. The lowest BCUT2D eigenvalue weighted by molar-refractivity contribution is -0.196. The van der Waals surface area contributed by atoms with E-state index in [0.717, 1.165) is 0 Å². The smallest absolute Gasteiger partial charge is 0.415 e. The quantitative estimate of drug-likeness (QED) is 0.460. The van der Waals surface area contributed by atoms with Gasteiger partial charge in [-0.2, -0.15) is 13.2 Å². The Balaban J connectivity index is 2.62. The fourth-order valence-electron chi connectivity index (χ4n) is 1.72. The maximum atomic E-state index is 11.9. The molecule has 1 saturated heterocycles. The minimum Gasteiger partial charge on any atom is -0.415 e. The summed E-state index contributed by atoms with van der Waals surface area (Å²) in [6, 6.07) is -0.251. The summed E-state index contributed by atoms with van der Waals surface area (Å²) in [4.78, 5) is 23.5. The lowest BCUT2D eigenvalue weighted by Crippen LogP contribution is -2.41. The van der Waals surface area contributed by atoms with Crippen LogP contribution in [-0.2, 0) is 14.3 Å². The molecule has 0 aromatic heterocycles. The van der Waals surface area contributed by atoms with Gasteiger partial charge in [0.25, 0.3) is 5.91 Å². The molecule has 18 heavy (non-hydrogen) atoms. The molecule has 1 fully saturated rings. The molecule has 0 spiro atoms. The molecule has 0 radical (unpaired) electrons. The van der Waals surface area contributed by atoms with E-state index in [-0.39, 0.29) is 12.6 Å². The fourth-order valence-corrected chi connectivity index (χ4v) is 1.72. The van der Waals surface area contributed by atoms with Gasteiger partial charge in [0, 0.05) is 19.1 Å². The molecule has 1 aliphatic heterocycles. The average Bonchev–Trinajstić information content (AvgIpc) is 2.74. The first kappa shape index (κ1) is 14.5. The van der Waals surface area contributed by atoms with Gasteiger partial charge in [0.2, 0.25) is 0 Å². The number of hydrogen-bond acceptors (Lipinski definition) is 4. The zero-order valence-corrected chi connectivity index (χ0v) is 9.50. The fraction of sp³-hybridized carbons (Fsp3) is 0.600. The SMILES string of the molecule is C=C(OC(=O)C(F)(F)F)C(=O)N1CCC[C@H]1CN.